The van der Waals surface area contributed by atoms with Gasteiger partial charge in [-0.2, -0.15) is 15.1 Å². The summed E-state index contributed by atoms with van der Waals surface area (Å²) in [5.41, 5.74) is 3.85. The first kappa shape index (κ1) is 19.8. The standard InChI is InChI=1S/C23H26N6O/c1-3-30-15-9-14-24-23-27-21(26-20-13-8-7-10-17(20)2)19-16-25-29(22(19)28-23)18-11-5-4-6-12-18/h4-8,10-13,16H,3,9,14-15H2,1-2H3,(H2,24,26,27,28). The largest absolute Gasteiger partial charge is 0.382 e. The Morgan fingerprint density at radius 3 is 2.60 bits per heavy atom. The molecule has 2 aromatic carbocycles. The van der Waals surface area contributed by atoms with E-state index < -0.39 is 0 Å². The van der Waals surface area contributed by atoms with Crippen molar-refractivity contribution in [2.75, 3.05) is 30.4 Å². The third-order valence-corrected chi connectivity index (χ3v) is 4.78. The summed E-state index contributed by atoms with van der Waals surface area (Å²) in [6.07, 6.45) is 2.69. The number of aromatic nitrogens is 4. The number of nitrogens with zero attached hydrogens (tertiary/aromatic N) is 4. The van der Waals surface area contributed by atoms with Crippen molar-refractivity contribution in [1.29, 1.82) is 0 Å². The van der Waals surface area contributed by atoms with Crippen molar-refractivity contribution in [3.8, 4) is 5.69 Å². The predicted molar refractivity (Wildman–Crippen MR) is 121 cm³/mol. The Bertz CT molecular complexity index is 1110. The van der Waals surface area contributed by atoms with Crippen LogP contribution >= 0.6 is 0 Å². The minimum Gasteiger partial charge on any atom is -0.382 e. The summed E-state index contributed by atoms with van der Waals surface area (Å²) in [5.74, 6) is 1.29. The van der Waals surface area contributed by atoms with Gasteiger partial charge in [-0.05, 0) is 44.0 Å². The molecule has 154 valence electrons. The van der Waals surface area contributed by atoms with Crippen LogP contribution in [-0.4, -0.2) is 39.5 Å². The van der Waals surface area contributed by atoms with E-state index in [-0.39, 0.29) is 0 Å². The fraction of sp³-hybridized carbons (Fsp3) is 0.261. The van der Waals surface area contributed by atoms with Crippen LogP contribution in [-0.2, 0) is 4.74 Å². The van der Waals surface area contributed by atoms with E-state index in [4.69, 9.17) is 14.7 Å². The number of anilines is 3. The van der Waals surface area contributed by atoms with Gasteiger partial charge >= 0.3 is 0 Å². The second-order valence-electron chi connectivity index (χ2n) is 6.94. The summed E-state index contributed by atoms with van der Waals surface area (Å²) in [7, 11) is 0. The summed E-state index contributed by atoms with van der Waals surface area (Å²) in [6.45, 7) is 6.24. The van der Waals surface area contributed by atoms with Crippen molar-refractivity contribution >= 4 is 28.5 Å². The molecule has 2 heterocycles. The molecule has 30 heavy (non-hydrogen) atoms. The lowest BCUT2D eigenvalue weighted by Crippen LogP contribution is -2.10. The smallest absolute Gasteiger partial charge is 0.226 e. The van der Waals surface area contributed by atoms with E-state index in [1.165, 1.54) is 0 Å². The van der Waals surface area contributed by atoms with E-state index in [0.29, 0.717) is 12.6 Å². The van der Waals surface area contributed by atoms with Crippen LogP contribution in [0.5, 0.6) is 0 Å². The second-order valence-corrected chi connectivity index (χ2v) is 6.94. The molecule has 0 atom stereocenters. The van der Waals surface area contributed by atoms with Gasteiger partial charge in [0, 0.05) is 25.4 Å². The van der Waals surface area contributed by atoms with Gasteiger partial charge in [-0.1, -0.05) is 36.4 Å². The van der Waals surface area contributed by atoms with Crippen LogP contribution in [0.25, 0.3) is 16.7 Å². The maximum absolute atomic E-state index is 5.41. The van der Waals surface area contributed by atoms with Crippen molar-refractivity contribution in [2.24, 2.45) is 0 Å². The highest BCUT2D eigenvalue weighted by atomic mass is 16.5. The fourth-order valence-corrected chi connectivity index (χ4v) is 3.20. The van der Waals surface area contributed by atoms with E-state index in [0.717, 1.165) is 53.4 Å². The first-order valence-corrected chi connectivity index (χ1v) is 10.2. The van der Waals surface area contributed by atoms with Gasteiger partial charge in [0.2, 0.25) is 5.95 Å². The van der Waals surface area contributed by atoms with E-state index in [1.807, 2.05) is 66.3 Å². The third kappa shape index (κ3) is 4.41. The molecular formula is C23H26N6O. The zero-order chi connectivity index (χ0) is 20.8. The highest BCUT2D eigenvalue weighted by molar-refractivity contribution is 5.90. The summed E-state index contributed by atoms with van der Waals surface area (Å²) in [6, 6.07) is 18.1. The quantitative estimate of drug-likeness (QED) is 0.395. The van der Waals surface area contributed by atoms with Gasteiger partial charge in [-0.15, -0.1) is 0 Å². The molecule has 0 amide bonds. The molecule has 0 saturated heterocycles. The van der Waals surface area contributed by atoms with Crippen molar-refractivity contribution in [3.05, 3.63) is 66.4 Å². The molecule has 0 bridgehead atoms. The van der Waals surface area contributed by atoms with Crippen LogP contribution in [0.2, 0.25) is 0 Å². The molecule has 0 aliphatic rings. The maximum atomic E-state index is 5.41. The van der Waals surface area contributed by atoms with Crippen LogP contribution < -0.4 is 10.6 Å². The highest BCUT2D eigenvalue weighted by Crippen LogP contribution is 2.28. The lowest BCUT2D eigenvalue weighted by Gasteiger charge is -2.12. The average molecular weight is 403 g/mol. The molecule has 0 aliphatic heterocycles. The number of para-hydroxylation sites is 2. The van der Waals surface area contributed by atoms with Crippen LogP contribution in [0, 0.1) is 6.92 Å². The first-order valence-electron chi connectivity index (χ1n) is 10.2. The van der Waals surface area contributed by atoms with Crippen LogP contribution in [0.4, 0.5) is 17.5 Å². The number of aryl methyl sites for hydroxylation is 1. The van der Waals surface area contributed by atoms with Crippen molar-refractivity contribution in [1.82, 2.24) is 19.7 Å². The predicted octanol–water partition coefficient (Wildman–Crippen LogP) is 4.71. The average Bonchev–Trinajstić information content (AvgIpc) is 3.20. The highest BCUT2D eigenvalue weighted by Gasteiger charge is 2.15. The Balaban J connectivity index is 1.71. The van der Waals surface area contributed by atoms with Crippen LogP contribution in [0.1, 0.15) is 18.9 Å². The molecule has 7 nitrogen and oxygen atoms in total. The molecule has 2 aromatic heterocycles. The molecule has 4 rings (SSSR count). The van der Waals surface area contributed by atoms with Crippen LogP contribution in [0.3, 0.4) is 0 Å². The molecule has 7 heteroatoms. The summed E-state index contributed by atoms with van der Waals surface area (Å²) in [5, 5.41) is 12.2. The SMILES string of the molecule is CCOCCCNc1nc(Nc2ccccc2C)c2cnn(-c3ccccc3)c2n1. The Labute approximate surface area is 176 Å². The monoisotopic (exact) mass is 402 g/mol. The fourth-order valence-electron chi connectivity index (χ4n) is 3.20. The Hall–Kier alpha value is -3.45. The Kier molecular flexibility index (Phi) is 6.20. The topological polar surface area (TPSA) is 76.9 Å². The normalized spacial score (nSPS) is 11.0. The van der Waals surface area contributed by atoms with Gasteiger partial charge in [0.25, 0.3) is 0 Å². The van der Waals surface area contributed by atoms with Gasteiger partial charge in [-0.25, -0.2) is 4.68 Å². The number of rotatable bonds is 9. The van der Waals surface area contributed by atoms with Gasteiger partial charge < -0.3 is 15.4 Å². The first-order chi connectivity index (χ1) is 14.8. The van der Waals surface area contributed by atoms with E-state index in [9.17, 15) is 0 Å². The number of ether oxygens (including phenoxy) is 1. The van der Waals surface area contributed by atoms with Crippen molar-refractivity contribution < 1.29 is 4.74 Å². The molecule has 2 N–H and O–H groups in total. The number of nitrogens with one attached hydrogen (secondary N) is 2. The number of hydrogen-bond donors (Lipinski definition) is 2. The van der Waals surface area contributed by atoms with Crippen molar-refractivity contribution in [3.63, 3.8) is 0 Å². The zero-order valence-electron chi connectivity index (χ0n) is 17.3. The van der Waals surface area contributed by atoms with Gasteiger partial charge in [0.15, 0.2) is 5.65 Å². The minimum atomic E-state index is 0.563. The molecule has 0 unspecified atom stereocenters. The maximum Gasteiger partial charge on any atom is 0.226 e. The van der Waals surface area contributed by atoms with E-state index in [2.05, 4.69) is 28.7 Å². The molecule has 0 spiro atoms. The summed E-state index contributed by atoms with van der Waals surface area (Å²) >= 11 is 0. The summed E-state index contributed by atoms with van der Waals surface area (Å²) in [4.78, 5) is 9.49. The summed E-state index contributed by atoms with van der Waals surface area (Å²) < 4.78 is 7.25. The molecule has 0 radical (unpaired) electrons. The van der Waals surface area contributed by atoms with Gasteiger partial charge in [-0.3, -0.25) is 0 Å². The second kappa shape index (κ2) is 9.37. The molecule has 0 aliphatic carbocycles. The Morgan fingerprint density at radius 1 is 1.00 bits per heavy atom. The number of fused-ring (bicyclic) bond motifs is 1. The number of benzene rings is 2. The van der Waals surface area contributed by atoms with Crippen molar-refractivity contribution in [2.45, 2.75) is 20.3 Å². The molecule has 4 aromatic rings. The lowest BCUT2D eigenvalue weighted by molar-refractivity contribution is 0.147. The molecule has 0 saturated carbocycles. The van der Waals surface area contributed by atoms with Gasteiger partial charge in [0.1, 0.15) is 5.82 Å². The Morgan fingerprint density at radius 2 is 1.80 bits per heavy atom. The third-order valence-electron chi connectivity index (χ3n) is 4.78. The number of hydrogen-bond acceptors (Lipinski definition) is 6. The lowest BCUT2D eigenvalue weighted by atomic mass is 10.2. The van der Waals surface area contributed by atoms with Gasteiger partial charge in [0.05, 0.1) is 17.3 Å². The van der Waals surface area contributed by atoms with E-state index >= 15 is 0 Å². The zero-order valence-corrected chi connectivity index (χ0v) is 17.3. The minimum absolute atomic E-state index is 0.563. The molecule has 0 fully saturated rings. The van der Waals surface area contributed by atoms with Crippen LogP contribution in [0.15, 0.2) is 60.8 Å². The molecular weight excluding hydrogens is 376 g/mol. The van der Waals surface area contributed by atoms with E-state index in [1.54, 1.807) is 0 Å².